The van der Waals surface area contributed by atoms with Crippen molar-refractivity contribution in [2.45, 2.75) is 6.10 Å². The van der Waals surface area contributed by atoms with Crippen molar-refractivity contribution < 1.29 is 5.11 Å². The van der Waals surface area contributed by atoms with Gasteiger partial charge in [-0.15, -0.1) is 0 Å². The minimum atomic E-state index is -0.436. The molecule has 0 aromatic heterocycles. The third-order valence-corrected chi connectivity index (χ3v) is 2.13. The summed E-state index contributed by atoms with van der Waals surface area (Å²) in [6.45, 7) is 0.638. The van der Waals surface area contributed by atoms with Gasteiger partial charge in [0, 0.05) is 24.8 Å². The number of aliphatic hydroxyl groups excluding tert-OH is 1. The molecule has 1 aromatic rings. The number of anilines is 1. The van der Waals surface area contributed by atoms with Crippen molar-refractivity contribution in [2.75, 3.05) is 33.0 Å². The summed E-state index contributed by atoms with van der Waals surface area (Å²) >= 11 is 0. The quantitative estimate of drug-likeness (QED) is 0.759. The van der Waals surface area contributed by atoms with E-state index in [0.717, 1.165) is 11.3 Å². The standard InChI is InChI=1S/C11H18N2O/c1-12-10-7-5-4-6-9(10)11(14)8-13(2)3/h4-7,11-12,14H,8H2,1-3H3. The van der Waals surface area contributed by atoms with E-state index in [0.29, 0.717) is 6.54 Å². The molecular formula is C11H18N2O. The van der Waals surface area contributed by atoms with E-state index in [1.807, 2.05) is 50.3 Å². The van der Waals surface area contributed by atoms with Crippen molar-refractivity contribution in [2.24, 2.45) is 0 Å². The lowest BCUT2D eigenvalue weighted by Crippen LogP contribution is -2.20. The van der Waals surface area contributed by atoms with Gasteiger partial charge in [0.15, 0.2) is 0 Å². The Kier molecular flexibility index (Phi) is 3.92. The van der Waals surface area contributed by atoms with Crippen LogP contribution in [0.25, 0.3) is 0 Å². The third-order valence-electron chi connectivity index (χ3n) is 2.13. The Morgan fingerprint density at radius 1 is 1.36 bits per heavy atom. The number of aliphatic hydroxyl groups is 1. The Morgan fingerprint density at radius 3 is 2.57 bits per heavy atom. The number of benzene rings is 1. The smallest absolute Gasteiger partial charge is 0.0936 e. The summed E-state index contributed by atoms with van der Waals surface area (Å²) in [6.07, 6.45) is -0.436. The first-order valence-corrected chi connectivity index (χ1v) is 4.74. The zero-order chi connectivity index (χ0) is 10.6. The van der Waals surface area contributed by atoms with Gasteiger partial charge < -0.3 is 15.3 Å². The Balaban J connectivity index is 2.82. The highest BCUT2D eigenvalue weighted by Gasteiger charge is 2.11. The van der Waals surface area contributed by atoms with E-state index >= 15 is 0 Å². The number of hydrogen-bond acceptors (Lipinski definition) is 3. The molecule has 14 heavy (non-hydrogen) atoms. The number of likely N-dealkylation sites (N-methyl/N-ethyl adjacent to an activating group) is 1. The minimum absolute atomic E-state index is 0.436. The zero-order valence-electron chi connectivity index (χ0n) is 8.99. The third kappa shape index (κ3) is 2.72. The Bertz CT molecular complexity index is 286. The molecule has 0 fully saturated rings. The van der Waals surface area contributed by atoms with E-state index in [1.54, 1.807) is 0 Å². The molecule has 0 saturated carbocycles. The second-order valence-corrected chi connectivity index (χ2v) is 3.62. The van der Waals surface area contributed by atoms with E-state index < -0.39 is 6.10 Å². The number of nitrogens with zero attached hydrogens (tertiary/aromatic N) is 1. The average molecular weight is 194 g/mol. The Morgan fingerprint density at radius 2 is 2.00 bits per heavy atom. The van der Waals surface area contributed by atoms with Gasteiger partial charge in [-0.3, -0.25) is 0 Å². The molecule has 1 unspecified atom stereocenters. The highest BCUT2D eigenvalue weighted by atomic mass is 16.3. The molecule has 1 aromatic carbocycles. The van der Waals surface area contributed by atoms with Crippen molar-refractivity contribution in [3.63, 3.8) is 0 Å². The maximum atomic E-state index is 9.92. The van der Waals surface area contributed by atoms with Crippen LogP contribution in [0.4, 0.5) is 5.69 Å². The second kappa shape index (κ2) is 4.98. The first kappa shape index (κ1) is 11.0. The summed E-state index contributed by atoms with van der Waals surface area (Å²) in [5.74, 6) is 0. The second-order valence-electron chi connectivity index (χ2n) is 3.62. The van der Waals surface area contributed by atoms with Crippen LogP contribution in [0.15, 0.2) is 24.3 Å². The molecule has 0 aliphatic rings. The van der Waals surface area contributed by atoms with Crippen LogP contribution >= 0.6 is 0 Å². The fourth-order valence-corrected chi connectivity index (χ4v) is 1.46. The maximum absolute atomic E-state index is 9.92. The van der Waals surface area contributed by atoms with E-state index in [1.165, 1.54) is 0 Å². The van der Waals surface area contributed by atoms with E-state index in [4.69, 9.17) is 0 Å². The van der Waals surface area contributed by atoms with Crippen molar-refractivity contribution in [1.82, 2.24) is 4.90 Å². The van der Waals surface area contributed by atoms with Crippen LogP contribution < -0.4 is 5.32 Å². The number of nitrogens with one attached hydrogen (secondary N) is 1. The van der Waals surface area contributed by atoms with Crippen LogP contribution in [0.3, 0.4) is 0 Å². The fraction of sp³-hybridized carbons (Fsp3) is 0.455. The van der Waals surface area contributed by atoms with Crippen molar-refractivity contribution in [1.29, 1.82) is 0 Å². The minimum Gasteiger partial charge on any atom is -0.388 e. The first-order valence-electron chi connectivity index (χ1n) is 4.74. The molecule has 2 N–H and O–H groups in total. The Hall–Kier alpha value is -1.06. The zero-order valence-corrected chi connectivity index (χ0v) is 8.99. The molecule has 0 bridgehead atoms. The number of rotatable bonds is 4. The molecular weight excluding hydrogens is 176 g/mol. The monoisotopic (exact) mass is 194 g/mol. The average Bonchev–Trinajstić information content (AvgIpc) is 2.16. The largest absolute Gasteiger partial charge is 0.388 e. The summed E-state index contributed by atoms with van der Waals surface area (Å²) in [5.41, 5.74) is 1.94. The van der Waals surface area contributed by atoms with Crippen LogP contribution in [0.2, 0.25) is 0 Å². The first-order chi connectivity index (χ1) is 6.65. The molecule has 3 nitrogen and oxygen atoms in total. The molecule has 0 saturated heterocycles. The summed E-state index contributed by atoms with van der Waals surface area (Å²) in [6, 6.07) is 7.81. The van der Waals surface area contributed by atoms with Crippen molar-refractivity contribution in [3.05, 3.63) is 29.8 Å². The van der Waals surface area contributed by atoms with E-state index in [-0.39, 0.29) is 0 Å². The van der Waals surface area contributed by atoms with Gasteiger partial charge in [0.05, 0.1) is 6.10 Å². The summed E-state index contributed by atoms with van der Waals surface area (Å²) < 4.78 is 0. The Labute approximate surface area is 85.4 Å². The number of hydrogen-bond donors (Lipinski definition) is 2. The highest BCUT2D eigenvalue weighted by molar-refractivity contribution is 5.51. The maximum Gasteiger partial charge on any atom is 0.0936 e. The summed E-state index contributed by atoms with van der Waals surface area (Å²) in [4.78, 5) is 1.97. The van der Waals surface area contributed by atoms with Crippen molar-refractivity contribution >= 4 is 5.69 Å². The van der Waals surface area contributed by atoms with Gasteiger partial charge in [0.1, 0.15) is 0 Å². The van der Waals surface area contributed by atoms with Crippen LogP contribution in [0.1, 0.15) is 11.7 Å². The molecule has 0 aliphatic heterocycles. The molecule has 0 radical (unpaired) electrons. The molecule has 0 aliphatic carbocycles. The van der Waals surface area contributed by atoms with Gasteiger partial charge in [-0.25, -0.2) is 0 Å². The van der Waals surface area contributed by atoms with Crippen LogP contribution in [0, 0.1) is 0 Å². The molecule has 0 amide bonds. The number of para-hydroxylation sites is 1. The fourth-order valence-electron chi connectivity index (χ4n) is 1.46. The molecule has 0 heterocycles. The molecule has 1 rings (SSSR count). The predicted octanol–water partition coefficient (Wildman–Crippen LogP) is 1.32. The van der Waals surface area contributed by atoms with Gasteiger partial charge in [-0.2, -0.15) is 0 Å². The molecule has 1 atom stereocenters. The summed E-state index contributed by atoms with van der Waals surface area (Å²) in [7, 11) is 5.76. The highest BCUT2D eigenvalue weighted by Crippen LogP contribution is 2.22. The lowest BCUT2D eigenvalue weighted by Gasteiger charge is -2.18. The summed E-state index contributed by atoms with van der Waals surface area (Å²) in [5, 5.41) is 13.0. The van der Waals surface area contributed by atoms with Gasteiger partial charge in [0.25, 0.3) is 0 Å². The van der Waals surface area contributed by atoms with Gasteiger partial charge >= 0.3 is 0 Å². The van der Waals surface area contributed by atoms with Crippen molar-refractivity contribution in [3.8, 4) is 0 Å². The van der Waals surface area contributed by atoms with E-state index in [9.17, 15) is 5.11 Å². The van der Waals surface area contributed by atoms with Gasteiger partial charge in [0.2, 0.25) is 0 Å². The van der Waals surface area contributed by atoms with Crippen LogP contribution in [0.5, 0.6) is 0 Å². The normalized spacial score (nSPS) is 12.9. The predicted molar refractivity (Wildman–Crippen MR) is 59.5 cm³/mol. The van der Waals surface area contributed by atoms with Crippen LogP contribution in [-0.4, -0.2) is 37.7 Å². The molecule has 0 spiro atoms. The van der Waals surface area contributed by atoms with Gasteiger partial charge in [-0.05, 0) is 20.2 Å². The SMILES string of the molecule is CNc1ccccc1C(O)CN(C)C. The van der Waals surface area contributed by atoms with Gasteiger partial charge in [-0.1, -0.05) is 18.2 Å². The molecule has 3 heteroatoms. The van der Waals surface area contributed by atoms with E-state index in [2.05, 4.69) is 5.32 Å². The molecule has 78 valence electrons. The topological polar surface area (TPSA) is 35.5 Å². The lowest BCUT2D eigenvalue weighted by molar-refractivity contribution is 0.139. The lowest BCUT2D eigenvalue weighted by atomic mass is 10.1. The van der Waals surface area contributed by atoms with Crippen LogP contribution in [-0.2, 0) is 0 Å².